The first-order valence-electron chi connectivity index (χ1n) is 3.62. The van der Waals surface area contributed by atoms with Crippen molar-refractivity contribution in [2.75, 3.05) is 0 Å². The van der Waals surface area contributed by atoms with Crippen molar-refractivity contribution in [3.63, 3.8) is 0 Å². The van der Waals surface area contributed by atoms with Gasteiger partial charge in [0.2, 0.25) is 0 Å². The van der Waals surface area contributed by atoms with E-state index in [1.165, 1.54) is 6.07 Å². The number of halogens is 2. The van der Waals surface area contributed by atoms with Gasteiger partial charge in [-0.05, 0) is 40.5 Å². The highest BCUT2D eigenvalue weighted by molar-refractivity contribution is 9.10. The first kappa shape index (κ1) is 7.80. The van der Waals surface area contributed by atoms with Crippen molar-refractivity contribution in [2.24, 2.45) is 0 Å². The molecular weight excluding hydrogens is 221 g/mol. The Kier molecular flexibility index (Phi) is 1.68. The summed E-state index contributed by atoms with van der Waals surface area (Å²) >= 11 is 3.32. The summed E-state index contributed by atoms with van der Waals surface area (Å²) in [5, 5.41) is 0.671. The maximum atomic E-state index is 13.2. The molecule has 1 nitrogen and oxygen atoms in total. The fourth-order valence-corrected chi connectivity index (χ4v) is 1.74. The van der Waals surface area contributed by atoms with Gasteiger partial charge in [0.1, 0.15) is 5.82 Å². The molecule has 0 saturated heterocycles. The van der Waals surface area contributed by atoms with Gasteiger partial charge >= 0.3 is 0 Å². The van der Waals surface area contributed by atoms with Crippen molar-refractivity contribution < 1.29 is 4.39 Å². The predicted octanol–water partition coefficient (Wildman–Crippen LogP) is 3.38. The molecule has 0 spiro atoms. The average molecular weight is 228 g/mol. The van der Waals surface area contributed by atoms with Crippen LogP contribution in [0.4, 0.5) is 4.39 Å². The van der Waals surface area contributed by atoms with Gasteiger partial charge in [0.15, 0.2) is 0 Å². The van der Waals surface area contributed by atoms with E-state index < -0.39 is 0 Å². The normalized spacial score (nSPS) is 10.9. The largest absolute Gasteiger partial charge is 0.349 e. The van der Waals surface area contributed by atoms with Crippen LogP contribution < -0.4 is 0 Å². The van der Waals surface area contributed by atoms with E-state index in [4.69, 9.17) is 0 Å². The van der Waals surface area contributed by atoms with Crippen molar-refractivity contribution in [3.8, 4) is 0 Å². The van der Waals surface area contributed by atoms with E-state index in [2.05, 4.69) is 20.9 Å². The minimum absolute atomic E-state index is 0.174. The molecule has 0 atom stereocenters. The van der Waals surface area contributed by atoms with Gasteiger partial charge in [-0.3, -0.25) is 0 Å². The SMILES string of the molecule is Cc1c(Br)[nH]c2cccc(F)c12. The third-order valence-electron chi connectivity index (χ3n) is 1.96. The monoisotopic (exact) mass is 227 g/mol. The van der Waals surface area contributed by atoms with Crippen LogP contribution >= 0.6 is 15.9 Å². The number of aromatic amines is 1. The first-order valence-corrected chi connectivity index (χ1v) is 4.41. The molecule has 0 aliphatic carbocycles. The maximum absolute atomic E-state index is 13.2. The number of H-pyrrole nitrogens is 1. The highest BCUT2D eigenvalue weighted by atomic mass is 79.9. The van der Waals surface area contributed by atoms with Crippen LogP contribution in [0.5, 0.6) is 0 Å². The average Bonchev–Trinajstić information content (AvgIpc) is 2.29. The third kappa shape index (κ3) is 0.966. The van der Waals surface area contributed by atoms with E-state index >= 15 is 0 Å². The molecule has 0 bridgehead atoms. The van der Waals surface area contributed by atoms with Crippen molar-refractivity contribution in [3.05, 3.63) is 34.2 Å². The van der Waals surface area contributed by atoms with Crippen LogP contribution in [0.3, 0.4) is 0 Å². The van der Waals surface area contributed by atoms with E-state index in [9.17, 15) is 4.39 Å². The summed E-state index contributed by atoms with van der Waals surface area (Å²) in [5.41, 5.74) is 1.75. The molecule has 2 aromatic rings. The number of rotatable bonds is 0. The maximum Gasteiger partial charge on any atom is 0.132 e. The zero-order valence-electron chi connectivity index (χ0n) is 6.49. The van der Waals surface area contributed by atoms with Crippen molar-refractivity contribution in [1.29, 1.82) is 0 Å². The van der Waals surface area contributed by atoms with Gasteiger partial charge in [-0.15, -0.1) is 0 Å². The number of hydrogen-bond donors (Lipinski definition) is 1. The fourth-order valence-electron chi connectivity index (χ4n) is 1.33. The Morgan fingerprint density at radius 3 is 2.83 bits per heavy atom. The summed E-state index contributed by atoms with van der Waals surface area (Å²) in [5.74, 6) is -0.174. The number of aryl methyl sites for hydroxylation is 1. The zero-order chi connectivity index (χ0) is 8.72. The molecule has 12 heavy (non-hydrogen) atoms. The van der Waals surface area contributed by atoms with Crippen LogP contribution in [0.1, 0.15) is 5.56 Å². The molecule has 1 heterocycles. The van der Waals surface area contributed by atoms with Crippen LogP contribution in [-0.4, -0.2) is 4.98 Å². The number of benzene rings is 1. The van der Waals surface area contributed by atoms with E-state index in [1.54, 1.807) is 6.07 Å². The fraction of sp³-hybridized carbons (Fsp3) is 0.111. The summed E-state index contributed by atoms with van der Waals surface area (Å²) in [6.45, 7) is 1.88. The summed E-state index contributed by atoms with van der Waals surface area (Å²) in [6, 6.07) is 5.02. The molecule has 0 radical (unpaired) electrons. The summed E-state index contributed by atoms with van der Waals surface area (Å²) in [7, 11) is 0. The molecule has 2 rings (SSSR count). The smallest absolute Gasteiger partial charge is 0.132 e. The zero-order valence-corrected chi connectivity index (χ0v) is 8.07. The summed E-state index contributed by atoms with van der Waals surface area (Å²) in [4.78, 5) is 3.04. The molecule has 1 aromatic carbocycles. The molecule has 0 fully saturated rings. The highest BCUT2D eigenvalue weighted by Crippen LogP contribution is 2.27. The Hall–Kier alpha value is -0.830. The lowest BCUT2D eigenvalue weighted by atomic mass is 10.2. The van der Waals surface area contributed by atoms with E-state index in [0.717, 1.165) is 15.7 Å². The lowest BCUT2D eigenvalue weighted by molar-refractivity contribution is 0.639. The minimum atomic E-state index is -0.174. The standard InChI is InChI=1S/C9H7BrFN/c1-5-8-6(11)3-2-4-7(8)12-9(5)10/h2-4,12H,1H3. The van der Waals surface area contributed by atoms with Gasteiger partial charge in [0.25, 0.3) is 0 Å². The summed E-state index contributed by atoms with van der Waals surface area (Å²) < 4.78 is 14.1. The van der Waals surface area contributed by atoms with Crippen LogP contribution in [0.15, 0.2) is 22.8 Å². The van der Waals surface area contributed by atoms with E-state index in [1.807, 2.05) is 13.0 Å². The molecule has 0 aliphatic heterocycles. The van der Waals surface area contributed by atoms with Crippen LogP contribution in [0.2, 0.25) is 0 Å². The molecule has 1 aromatic heterocycles. The molecule has 3 heteroatoms. The van der Waals surface area contributed by atoms with Crippen LogP contribution in [0.25, 0.3) is 10.9 Å². The van der Waals surface area contributed by atoms with Gasteiger partial charge in [-0.2, -0.15) is 0 Å². The third-order valence-corrected chi connectivity index (χ3v) is 2.76. The summed E-state index contributed by atoms with van der Waals surface area (Å²) in [6.07, 6.45) is 0. The Balaban J connectivity index is 2.97. The minimum Gasteiger partial charge on any atom is -0.349 e. The van der Waals surface area contributed by atoms with Crippen LogP contribution in [0, 0.1) is 12.7 Å². The second-order valence-corrected chi connectivity index (χ2v) is 3.52. The molecule has 1 N–H and O–H groups in total. The van der Waals surface area contributed by atoms with Crippen LogP contribution in [-0.2, 0) is 0 Å². The second-order valence-electron chi connectivity index (χ2n) is 2.73. The lowest BCUT2D eigenvalue weighted by Gasteiger charge is -1.92. The van der Waals surface area contributed by atoms with Gasteiger partial charge in [0, 0.05) is 10.9 Å². The Bertz CT molecular complexity index is 433. The Labute approximate surface area is 77.7 Å². The number of hydrogen-bond acceptors (Lipinski definition) is 0. The van der Waals surface area contributed by atoms with Gasteiger partial charge < -0.3 is 4.98 Å². The van der Waals surface area contributed by atoms with Crippen molar-refractivity contribution >= 4 is 26.8 Å². The first-order chi connectivity index (χ1) is 5.70. The molecule has 0 unspecified atom stereocenters. The van der Waals surface area contributed by atoms with Crippen molar-refractivity contribution in [2.45, 2.75) is 6.92 Å². The molecule has 62 valence electrons. The molecular formula is C9H7BrFN. The molecule has 0 saturated carbocycles. The van der Waals surface area contributed by atoms with Gasteiger partial charge in [-0.25, -0.2) is 4.39 Å². The second kappa shape index (κ2) is 2.59. The number of aromatic nitrogens is 1. The highest BCUT2D eigenvalue weighted by Gasteiger charge is 2.08. The quantitative estimate of drug-likeness (QED) is 0.711. The Morgan fingerprint density at radius 2 is 2.17 bits per heavy atom. The molecule has 0 aliphatic rings. The van der Waals surface area contributed by atoms with E-state index in [-0.39, 0.29) is 5.82 Å². The molecule has 0 amide bonds. The number of nitrogens with one attached hydrogen (secondary N) is 1. The van der Waals surface area contributed by atoms with E-state index in [0.29, 0.717) is 5.39 Å². The lowest BCUT2D eigenvalue weighted by Crippen LogP contribution is -1.75. The van der Waals surface area contributed by atoms with Crippen molar-refractivity contribution in [1.82, 2.24) is 4.98 Å². The van der Waals surface area contributed by atoms with Gasteiger partial charge in [0.05, 0.1) is 4.60 Å². The predicted molar refractivity (Wildman–Crippen MR) is 50.7 cm³/mol. The number of fused-ring (bicyclic) bond motifs is 1. The van der Waals surface area contributed by atoms with Gasteiger partial charge in [-0.1, -0.05) is 6.07 Å². The Morgan fingerprint density at radius 1 is 1.42 bits per heavy atom. The topological polar surface area (TPSA) is 15.8 Å².